The lowest BCUT2D eigenvalue weighted by atomic mass is 10.0. The highest BCUT2D eigenvalue weighted by atomic mass is 16.5. The highest BCUT2D eigenvalue weighted by Gasteiger charge is 2.16. The molecule has 2 aromatic heterocycles. The fraction of sp³-hybridized carbons (Fsp3) is 0.0800. The molecule has 0 atom stereocenters. The van der Waals surface area contributed by atoms with E-state index in [1.54, 1.807) is 6.07 Å². The number of carboxylic acids is 1. The number of aromatic nitrogens is 2. The Hall–Kier alpha value is -3.99. The van der Waals surface area contributed by atoms with E-state index >= 15 is 0 Å². The van der Waals surface area contributed by atoms with Crippen LogP contribution in [-0.2, 0) is 0 Å². The fourth-order valence-corrected chi connectivity index (χ4v) is 3.68. The van der Waals surface area contributed by atoms with Gasteiger partial charge in [0.25, 0.3) is 0 Å². The van der Waals surface area contributed by atoms with Crippen LogP contribution in [0.25, 0.3) is 44.4 Å². The molecule has 0 aliphatic rings. The van der Waals surface area contributed by atoms with Crippen LogP contribution in [0.1, 0.15) is 21.5 Å². The first-order chi connectivity index (χ1) is 14.5. The predicted molar refractivity (Wildman–Crippen MR) is 117 cm³/mol. The summed E-state index contributed by atoms with van der Waals surface area (Å²) >= 11 is 0. The van der Waals surface area contributed by atoms with Crippen molar-refractivity contribution in [3.05, 3.63) is 83.4 Å². The van der Waals surface area contributed by atoms with Crippen molar-refractivity contribution in [1.29, 1.82) is 0 Å². The van der Waals surface area contributed by atoms with Crippen molar-refractivity contribution >= 4 is 27.8 Å². The number of nitrogens with zero attached hydrogens (tertiary/aromatic N) is 2. The van der Waals surface area contributed by atoms with Crippen molar-refractivity contribution in [2.24, 2.45) is 0 Å². The smallest absolute Gasteiger partial charge is 0.336 e. The molecule has 0 saturated carbocycles. The van der Waals surface area contributed by atoms with E-state index in [0.29, 0.717) is 22.4 Å². The number of pyridine rings is 1. The second-order valence-electron chi connectivity index (χ2n) is 7.49. The number of hydrogen-bond donors (Lipinski definition) is 1. The van der Waals surface area contributed by atoms with Crippen LogP contribution in [0.5, 0.6) is 0 Å². The van der Waals surface area contributed by atoms with E-state index in [1.165, 1.54) is 5.56 Å². The van der Waals surface area contributed by atoms with Crippen molar-refractivity contribution in [2.75, 3.05) is 0 Å². The average molecular weight is 394 g/mol. The van der Waals surface area contributed by atoms with Crippen LogP contribution in [0, 0.1) is 13.8 Å². The Kier molecular flexibility index (Phi) is 4.10. The molecule has 5 aromatic rings. The lowest BCUT2D eigenvalue weighted by molar-refractivity contribution is 0.0699. The molecule has 0 bridgehead atoms. The molecule has 146 valence electrons. The number of aromatic carboxylic acids is 1. The van der Waals surface area contributed by atoms with Gasteiger partial charge in [0.1, 0.15) is 5.52 Å². The molecule has 0 unspecified atom stereocenters. The third-order valence-electron chi connectivity index (χ3n) is 5.28. The highest BCUT2D eigenvalue weighted by Crippen LogP contribution is 2.33. The fourth-order valence-electron chi connectivity index (χ4n) is 3.68. The highest BCUT2D eigenvalue weighted by molar-refractivity contribution is 6.04. The van der Waals surface area contributed by atoms with Gasteiger partial charge in [-0.15, -0.1) is 0 Å². The molecule has 1 N–H and O–H groups in total. The second kappa shape index (κ2) is 6.81. The molecule has 5 nitrogen and oxygen atoms in total. The lowest BCUT2D eigenvalue weighted by Crippen LogP contribution is -2.00. The molecule has 5 heteroatoms. The minimum absolute atomic E-state index is 0.239. The van der Waals surface area contributed by atoms with Gasteiger partial charge in [-0.05, 0) is 44.2 Å². The van der Waals surface area contributed by atoms with Gasteiger partial charge >= 0.3 is 5.97 Å². The first-order valence-corrected chi connectivity index (χ1v) is 9.61. The van der Waals surface area contributed by atoms with Gasteiger partial charge in [-0.1, -0.05) is 52.7 Å². The minimum Gasteiger partial charge on any atom is -0.478 e. The van der Waals surface area contributed by atoms with Gasteiger partial charge in [0.15, 0.2) is 5.76 Å². The summed E-state index contributed by atoms with van der Waals surface area (Å²) in [5.74, 6) is -0.289. The van der Waals surface area contributed by atoms with Gasteiger partial charge in [-0.2, -0.15) is 0 Å². The molecule has 0 aliphatic heterocycles. The van der Waals surface area contributed by atoms with Crippen LogP contribution in [-0.4, -0.2) is 21.2 Å². The zero-order valence-corrected chi connectivity index (χ0v) is 16.5. The maximum Gasteiger partial charge on any atom is 0.336 e. The Labute approximate surface area is 172 Å². The number of carbonyl (C=O) groups is 1. The van der Waals surface area contributed by atoms with Crippen molar-refractivity contribution in [3.63, 3.8) is 0 Å². The van der Waals surface area contributed by atoms with Crippen LogP contribution in [0.15, 0.2) is 71.3 Å². The molecule has 3 aromatic carbocycles. The van der Waals surface area contributed by atoms with Crippen molar-refractivity contribution in [3.8, 4) is 22.6 Å². The zero-order valence-electron chi connectivity index (χ0n) is 16.5. The summed E-state index contributed by atoms with van der Waals surface area (Å²) in [6, 6.07) is 21.0. The Morgan fingerprint density at radius 1 is 0.800 bits per heavy atom. The number of carboxylic acid groups (broad SMARTS) is 1. The van der Waals surface area contributed by atoms with Gasteiger partial charge in [0, 0.05) is 16.5 Å². The number of hydrogen-bond acceptors (Lipinski definition) is 4. The normalized spacial score (nSPS) is 11.3. The summed E-state index contributed by atoms with van der Waals surface area (Å²) in [6.07, 6.45) is 0. The summed E-state index contributed by atoms with van der Waals surface area (Å²) < 4.78 is 5.61. The Morgan fingerprint density at radius 2 is 1.50 bits per heavy atom. The van der Waals surface area contributed by atoms with Gasteiger partial charge in [0.2, 0.25) is 0 Å². The van der Waals surface area contributed by atoms with Crippen molar-refractivity contribution in [1.82, 2.24) is 10.1 Å². The maximum absolute atomic E-state index is 11.9. The molecular weight excluding hydrogens is 376 g/mol. The molecule has 0 aliphatic carbocycles. The topological polar surface area (TPSA) is 76.2 Å². The quantitative estimate of drug-likeness (QED) is 0.405. The summed E-state index contributed by atoms with van der Waals surface area (Å²) in [4.78, 5) is 16.6. The number of rotatable bonds is 3. The molecule has 30 heavy (non-hydrogen) atoms. The summed E-state index contributed by atoms with van der Waals surface area (Å²) in [5, 5.41) is 15.4. The van der Waals surface area contributed by atoms with Gasteiger partial charge in [0.05, 0.1) is 22.2 Å². The van der Waals surface area contributed by atoms with Gasteiger partial charge in [-0.3, -0.25) is 0 Å². The Balaban J connectivity index is 1.70. The van der Waals surface area contributed by atoms with Crippen LogP contribution in [0.2, 0.25) is 0 Å². The Morgan fingerprint density at radius 3 is 2.27 bits per heavy atom. The first-order valence-electron chi connectivity index (χ1n) is 9.61. The number of benzene rings is 3. The molecule has 0 radical (unpaired) electrons. The molecule has 0 amide bonds. The second-order valence-corrected chi connectivity index (χ2v) is 7.49. The standard InChI is InChI=1S/C25H18N2O3/c1-14-3-6-16(7-4-14)24-20-12-17(8-10-22(20)27-30-24)23-13-19(25(28)29)18-11-15(2)5-9-21(18)26-23/h3-13H,1-2H3,(H,28,29). The van der Waals surface area contributed by atoms with Crippen LogP contribution >= 0.6 is 0 Å². The summed E-state index contributed by atoms with van der Waals surface area (Å²) in [6.45, 7) is 3.97. The molecule has 0 spiro atoms. The zero-order chi connectivity index (χ0) is 20.8. The Bertz CT molecular complexity index is 1430. The largest absolute Gasteiger partial charge is 0.478 e. The SMILES string of the molecule is Cc1ccc(-c2onc3ccc(-c4cc(C(=O)O)c5cc(C)ccc5n4)cc23)cc1. The summed E-state index contributed by atoms with van der Waals surface area (Å²) in [5.41, 5.74) is 6.14. The van der Waals surface area contributed by atoms with E-state index in [4.69, 9.17) is 9.51 Å². The monoisotopic (exact) mass is 394 g/mol. The summed E-state index contributed by atoms with van der Waals surface area (Å²) in [7, 11) is 0. The average Bonchev–Trinajstić information content (AvgIpc) is 3.16. The van der Waals surface area contributed by atoms with Gasteiger partial charge < -0.3 is 9.63 Å². The minimum atomic E-state index is -0.972. The molecule has 2 heterocycles. The molecule has 0 fully saturated rings. The van der Waals surface area contributed by atoms with Crippen LogP contribution in [0.3, 0.4) is 0 Å². The van der Waals surface area contributed by atoms with E-state index in [9.17, 15) is 9.90 Å². The molecule has 5 rings (SSSR count). The van der Waals surface area contributed by atoms with Crippen molar-refractivity contribution in [2.45, 2.75) is 13.8 Å². The molecule has 0 saturated heterocycles. The predicted octanol–water partition coefficient (Wildman–Crippen LogP) is 6.03. The third-order valence-corrected chi connectivity index (χ3v) is 5.28. The van der Waals surface area contributed by atoms with E-state index in [0.717, 1.165) is 27.6 Å². The lowest BCUT2D eigenvalue weighted by Gasteiger charge is -2.08. The van der Waals surface area contributed by atoms with Crippen molar-refractivity contribution < 1.29 is 14.4 Å². The first kappa shape index (κ1) is 18.1. The molecular formula is C25H18N2O3. The van der Waals surface area contributed by atoms with E-state index < -0.39 is 5.97 Å². The van der Waals surface area contributed by atoms with Crippen LogP contribution < -0.4 is 0 Å². The van der Waals surface area contributed by atoms with E-state index in [1.807, 2.05) is 74.5 Å². The van der Waals surface area contributed by atoms with Gasteiger partial charge in [-0.25, -0.2) is 9.78 Å². The maximum atomic E-state index is 11.9. The van der Waals surface area contributed by atoms with E-state index in [2.05, 4.69) is 5.16 Å². The number of fused-ring (bicyclic) bond motifs is 2. The third kappa shape index (κ3) is 3.01. The van der Waals surface area contributed by atoms with Crippen LogP contribution in [0.4, 0.5) is 0 Å². The van der Waals surface area contributed by atoms with E-state index in [-0.39, 0.29) is 5.56 Å². The number of aryl methyl sites for hydroxylation is 2.